The van der Waals surface area contributed by atoms with E-state index in [0.717, 1.165) is 36.4 Å². The summed E-state index contributed by atoms with van der Waals surface area (Å²) in [4.78, 5) is 31.0. The van der Waals surface area contributed by atoms with Gasteiger partial charge in [-0.3, -0.25) is 9.59 Å². The van der Waals surface area contributed by atoms with Crippen molar-refractivity contribution in [1.82, 2.24) is 15.2 Å². The molecule has 2 heterocycles. The minimum atomic E-state index is -0.456. The molecule has 1 saturated heterocycles. The lowest BCUT2D eigenvalue weighted by atomic mass is 9.98. The average molecular weight is 422 g/mol. The molecule has 1 aromatic heterocycles. The Bertz CT molecular complexity index is 899. The SMILES string of the molecule is O=C(NCc1csc(C2CCCN(C(=O)c3ccc(F)cc3Cl)C2)n1)C1CC1. The number of halogens is 2. The van der Waals surface area contributed by atoms with Crippen LogP contribution in [0.3, 0.4) is 0 Å². The first-order valence-corrected chi connectivity index (χ1v) is 10.7. The third-order valence-corrected chi connectivity index (χ3v) is 6.55. The molecule has 5 nitrogen and oxygen atoms in total. The molecule has 148 valence electrons. The van der Waals surface area contributed by atoms with Crippen LogP contribution < -0.4 is 5.32 Å². The van der Waals surface area contributed by atoms with Gasteiger partial charge >= 0.3 is 0 Å². The van der Waals surface area contributed by atoms with Gasteiger partial charge in [0.25, 0.3) is 5.91 Å². The third kappa shape index (κ3) is 4.36. The number of aromatic nitrogens is 1. The van der Waals surface area contributed by atoms with Crippen molar-refractivity contribution in [2.24, 2.45) is 5.92 Å². The molecule has 1 N–H and O–H groups in total. The van der Waals surface area contributed by atoms with Crippen molar-refractivity contribution in [1.29, 1.82) is 0 Å². The number of nitrogens with zero attached hydrogens (tertiary/aromatic N) is 2. The lowest BCUT2D eigenvalue weighted by Crippen LogP contribution is -2.39. The van der Waals surface area contributed by atoms with Crippen molar-refractivity contribution in [3.05, 3.63) is 50.7 Å². The first-order chi connectivity index (χ1) is 13.5. The molecule has 2 fully saturated rings. The Balaban J connectivity index is 1.39. The van der Waals surface area contributed by atoms with E-state index in [4.69, 9.17) is 11.6 Å². The van der Waals surface area contributed by atoms with Crippen LogP contribution in [0.4, 0.5) is 4.39 Å². The molecule has 0 radical (unpaired) electrons. The maximum atomic E-state index is 13.3. The Hall–Kier alpha value is -1.99. The molecule has 28 heavy (non-hydrogen) atoms. The van der Waals surface area contributed by atoms with Crippen molar-refractivity contribution in [3.8, 4) is 0 Å². The van der Waals surface area contributed by atoms with E-state index in [0.29, 0.717) is 25.2 Å². The van der Waals surface area contributed by atoms with Gasteiger partial charge in [0.1, 0.15) is 5.82 Å². The molecule has 1 saturated carbocycles. The number of piperidine rings is 1. The summed E-state index contributed by atoms with van der Waals surface area (Å²) in [5, 5.41) is 6.02. The van der Waals surface area contributed by atoms with Crippen LogP contribution in [0, 0.1) is 11.7 Å². The monoisotopic (exact) mass is 421 g/mol. The highest BCUT2D eigenvalue weighted by atomic mass is 35.5. The van der Waals surface area contributed by atoms with E-state index < -0.39 is 5.82 Å². The number of carbonyl (C=O) groups is 2. The van der Waals surface area contributed by atoms with Gasteiger partial charge in [0.05, 0.1) is 27.8 Å². The van der Waals surface area contributed by atoms with Crippen LogP contribution in [0.2, 0.25) is 5.02 Å². The minimum Gasteiger partial charge on any atom is -0.350 e. The molecule has 8 heteroatoms. The predicted octanol–water partition coefficient (Wildman–Crippen LogP) is 3.98. The standard InChI is InChI=1S/C20H21ClFN3O2S/c21-17-8-14(22)5-6-16(17)20(27)25-7-1-2-13(10-25)19-24-15(11-28-19)9-23-18(26)12-3-4-12/h5-6,8,11-13H,1-4,7,9-10H2,(H,23,26). The number of rotatable bonds is 5. The largest absolute Gasteiger partial charge is 0.350 e. The van der Waals surface area contributed by atoms with E-state index in [9.17, 15) is 14.0 Å². The number of benzene rings is 1. The Labute approximate surface area is 171 Å². The second-order valence-electron chi connectivity index (χ2n) is 7.38. The van der Waals surface area contributed by atoms with Gasteiger partial charge in [0, 0.05) is 30.3 Å². The number of carbonyl (C=O) groups excluding carboxylic acids is 2. The summed E-state index contributed by atoms with van der Waals surface area (Å²) in [6, 6.07) is 3.86. The summed E-state index contributed by atoms with van der Waals surface area (Å²) >= 11 is 7.63. The zero-order chi connectivity index (χ0) is 19.7. The summed E-state index contributed by atoms with van der Waals surface area (Å²) in [6.07, 6.45) is 3.81. The molecule has 1 aromatic carbocycles. The van der Waals surface area contributed by atoms with Crippen molar-refractivity contribution >= 4 is 34.8 Å². The van der Waals surface area contributed by atoms with Crippen LogP contribution in [-0.2, 0) is 11.3 Å². The molecule has 1 aliphatic carbocycles. The number of hydrogen-bond acceptors (Lipinski definition) is 4. The number of likely N-dealkylation sites (tertiary alicyclic amines) is 1. The molecular weight excluding hydrogens is 401 g/mol. The average Bonchev–Trinajstić information content (AvgIpc) is 3.44. The van der Waals surface area contributed by atoms with Crippen LogP contribution in [0.5, 0.6) is 0 Å². The van der Waals surface area contributed by atoms with Crippen molar-refractivity contribution in [2.45, 2.75) is 38.1 Å². The molecule has 4 rings (SSSR count). The van der Waals surface area contributed by atoms with E-state index in [1.165, 1.54) is 18.2 Å². The summed E-state index contributed by atoms with van der Waals surface area (Å²) in [5.74, 6) is -0.172. The van der Waals surface area contributed by atoms with E-state index in [2.05, 4.69) is 10.3 Å². The quantitative estimate of drug-likeness (QED) is 0.794. The number of thiazole rings is 1. The van der Waals surface area contributed by atoms with Crippen LogP contribution in [-0.4, -0.2) is 34.8 Å². The second kappa shape index (κ2) is 8.17. The highest BCUT2D eigenvalue weighted by molar-refractivity contribution is 7.09. The molecular formula is C20H21ClFN3O2S. The third-order valence-electron chi connectivity index (χ3n) is 5.18. The Morgan fingerprint density at radius 3 is 2.89 bits per heavy atom. The van der Waals surface area contributed by atoms with E-state index in [1.54, 1.807) is 16.2 Å². The highest BCUT2D eigenvalue weighted by Crippen LogP contribution is 2.31. The number of amides is 2. The first kappa shape index (κ1) is 19.3. The fraction of sp³-hybridized carbons (Fsp3) is 0.450. The number of hydrogen-bond donors (Lipinski definition) is 1. The van der Waals surface area contributed by atoms with Gasteiger partial charge in [-0.25, -0.2) is 9.37 Å². The van der Waals surface area contributed by atoms with Crippen LogP contribution in [0.25, 0.3) is 0 Å². The number of nitrogens with one attached hydrogen (secondary N) is 1. The van der Waals surface area contributed by atoms with Gasteiger partial charge in [-0.1, -0.05) is 11.6 Å². The summed E-state index contributed by atoms with van der Waals surface area (Å²) in [7, 11) is 0. The van der Waals surface area contributed by atoms with E-state index in [1.807, 2.05) is 5.38 Å². The van der Waals surface area contributed by atoms with E-state index in [-0.39, 0.29) is 28.7 Å². The summed E-state index contributed by atoms with van der Waals surface area (Å²) in [6.45, 7) is 1.67. The van der Waals surface area contributed by atoms with Crippen molar-refractivity contribution < 1.29 is 14.0 Å². The van der Waals surface area contributed by atoms with Gasteiger partial charge in [-0.15, -0.1) is 11.3 Å². The van der Waals surface area contributed by atoms with Gasteiger partial charge in [-0.2, -0.15) is 0 Å². The Morgan fingerprint density at radius 2 is 2.14 bits per heavy atom. The minimum absolute atomic E-state index is 0.111. The van der Waals surface area contributed by atoms with Gasteiger partial charge in [-0.05, 0) is 43.9 Å². The molecule has 2 aliphatic rings. The molecule has 2 amide bonds. The van der Waals surface area contributed by atoms with Gasteiger partial charge < -0.3 is 10.2 Å². The normalized spacial score (nSPS) is 19.5. The second-order valence-corrected chi connectivity index (χ2v) is 8.68. The Morgan fingerprint density at radius 1 is 1.32 bits per heavy atom. The maximum Gasteiger partial charge on any atom is 0.255 e. The van der Waals surface area contributed by atoms with Crippen molar-refractivity contribution in [3.63, 3.8) is 0 Å². The molecule has 0 bridgehead atoms. The van der Waals surface area contributed by atoms with Crippen LogP contribution in [0.1, 0.15) is 52.7 Å². The zero-order valence-corrected chi connectivity index (χ0v) is 16.9. The Kier molecular flexibility index (Phi) is 5.64. The molecule has 1 atom stereocenters. The molecule has 0 spiro atoms. The molecule has 1 aliphatic heterocycles. The van der Waals surface area contributed by atoms with Gasteiger partial charge in [0.2, 0.25) is 5.91 Å². The van der Waals surface area contributed by atoms with Crippen LogP contribution >= 0.6 is 22.9 Å². The maximum absolute atomic E-state index is 13.3. The van der Waals surface area contributed by atoms with Crippen LogP contribution in [0.15, 0.2) is 23.6 Å². The highest BCUT2D eigenvalue weighted by Gasteiger charge is 2.30. The summed E-state index contributed by atoms with van der Waals surface area (Å²) in [5.41, 5.74) is 1.19. The fourth-order valence-electron chi connectivity index (χ4n) is 3.46. The fourth-order valence-corrected chi connectivity index (χ4v) is 4.65. The van der Waals surface area contributed by atoms with Crippen molar-refractivity contribution in [2.75, 3.05) is 13.1 Å². The smallest absolute Gasteiger partial charge is 0.255 e. The zero-order valence-electron chi connectivity index (χ0n) is 15.3. The predicted molar refractivity (Wildman–Crippen MR) is 106 cm³/mol. The lowest BCUT2D eigenvalue weighted by molar-refractivity contribution is -0.122. The van der Waals surface area contributed by atoms with Gasteiger partial charge in [0.15, 0.2) is 0 Å². The molecule has 1 unspecified atom stereocenters. The van der Waals surface area contributed by atoms with E-state index >= 15 is 0 Å². The lowest BCUT2D eigenvalue weighted by Gasteiger charge is -2.32. The summed E-state index contributed by atoms with van der Waals surface area (Å²) < 4.78 is 13.3. The topological polar surface area (TPSA) is 62.3 Å². The first-order valence-electron chi connectivity index (χ1n) is 9.47. The molecule has 2 aromatic rings.